The quantitative estimate of drug-likeness (QED) is 0.531. The zero-order valence-electron chi connectivity index (χ0n) is 18.6. The van der Waals surface area contributed by atoms with E-state index in [4.69, 9.17) is 9.47 Å². The highest BCUT2D eigenvalue weighted by molar-refractivity contribution is 5.42. The van der Waals surface area contributed by atoms with Gasteiger partial charge in [0.05, 0.1) is 12.2 Å². The number of ether oxygens (including phenoxy) is 2. The normalized spacial score (nSPS) is 31.9. The van der Waals surface area contributed by atoms with E-state index in [1.165, 1.54) is 31.2 Å². The van der Waals surface area contributed by atoms with E-state index in [1.54, 1.807) is 6.07 Å². The Morgan fingerprint density at radius 2 is 2.07 bits per heavy atom. The number of fused-ring (bicyclic) bond motifs is 2. The van der Waals surface area contributed by atoms with Crippen molar-refractivity contribution >= 4 is 0 Å². The number of rotatable bonds is 9. The van der Waals surface area contributed by atoms with Crippen molar-refractivity contribution in [2.45, 2.75) is 102 Å². The van der Waals surface area contributed by atoms with Crippen molar-refractivity contribution in [1.82, 2.24) is 0 Å². The summed E-state index contributed by atoms with van der Waals surface area (Å²) in [6.07, 6.45) is 12.9. The predicted octanol–water partition coefficient (Wildman–Crippen LogP) is 5.38. The Morgan fingerprint density at radius 3 is 2.87 bits per heavy atom. The minimum Gasteiger partial charge on any atom is -0.508 e. The van der Waals surface area contributed by atoms with Crippen LogP contribution >= 0.6 is 0 Å². The molecule has 2 N–H and O–H groups in total. The first-order valence-corrected chi connectivity index (χ1v) is 12.4. The minimum atomic E-state index is -0.223. The molecule has 1 saturated carbocycles. The Balaban J connectivity index is 1.37. The molecule has 0 spiro atoms. The van der Waals surface area contributed by atoms with Gasteiger partial charge in [-0.15, -0.1) is 0 Å². The van der Waals surface area contributed by atoms with Crippen molar-refractivity contribution in [3.05, 3.63) is 29.3 Å². The maximum Gasteiger partial charge on any atom is 0.157 e. The molecule has 1 heterocycles. The van der Waals surface area contributed by atoms with E-state index >= 15 is 0 Å². The van der Waals surface area contributed by atoms with E-state index < -0.39 is 0 Å². The third kappa shape index (κ3) is 5.20. The van der Waals surface area contributed by atoms with Gasteiger partial charge in [-0.3, -0.25) is 0 Å². The van der Waals surface area contributed by atoms with Crippen LogP contribution < -0.4 is 0 Å². The summed E-state index contributed by atoms with van der Waals surface area (Å²) in [7, 11) is 0. The Hall–Kier alpha value is -1.10. The Morgan fingerprint density at radius 1 is 1.17 bits per heavy atom. The summed E-state index contributed by atoms with van der Waals surface area (Å²) in [5.74, 6) is 1.79. The fraction of sp³-hybridized carbons (Fsp3) is 0.769. The van der Waals surface area contributed by atoms with E-state index in [9.17, 15) is 10.2 Å². The second kappa shape index (κ2) is 10.5. The van der Waals surface area contributed by atoms with Gasteiger partial charge in [0.25, 0.3) is 0 Å². The van der Waals surface area contributed by atoms with Crippen molar-refractivity contribution in [1.29, 1.82) is 0 Å². The van der Waals surface area contributed by atoms with Crippen LogP contribution in [-0.4, -0.2) is 35.3 Å². The van der Waals surface area contributed by atoms with Crippen LogP contribution in [0.3, 0.4) is 0 Å². The Labute approximate surface area is 182 Å². The molecule has 4 unspecified atom stereocenters. The van der Waals surface area contributed by atoms with Crippen molar-refractivity contribution in [3.63, 3.8) is 0 Å². The SMILES string of the molecule is CCCCC[C@H](CCC1C2Cc3cccc(O)c3CC2C[C@H]1O)OC1CCCCO1. The average Bonchev–Trinajstić information content (AvgIpc) is 3.06. The van der Waals surface area contributed by atoms with Crippen molar-refractivity contribution in [3.8, 4) is 5.75 Å². The number of unbranched alkanes of at least 4 members (excludes halogenated alkanes) is 2. The van der Waals surface area contributed by atoms with Crippen LogP contribution in [0, 0.1) is 17.8 Å². The molecule has 30 heavy (non-hydrogen) atoms. The van der Waals surface area contributed by atoms with E-state index in [0.717, 1.165) is 63.5 Å². The second-order valence-electron chi connectivity index (χ2n) is 9.84. The molecule has 6 atom stereocenters. The van der Waals surface area contributed by atoms with Crippen molar-refractivity contribution in [2.75, 3.05) is 6.61 Å². The molecule has 4 heteroatoms. The Kier molecular flexibility index (Phi) is 7.72. The third-order valence-electron chi connectivity index (χ3n) is 7.80. The lowest BCUT2D eigenvalue weighted by atomic mass is 9.73. The maximum atomic E-state index is 10.9. The highest BCUT2D eigenvalue weighted by Gasteiger charge is 2.44. The molecular formula is C26H40O4. The first-order valence-electron chi connectivity index (χ1n) is 12.4. The maximum absolute atomic E-state index is 10.9. The third-order valence-corrected chi connectivity index (χ3v) is 7.80. The van der Waals surface area contributed by atoms with Crippen molar-refractivity contribution in [2.24, 2.45) is 17.8 Å². The molecule has 2 aliphatic carbocycles. The summed E-state index contributed by atoms with van der Waals surface area (Å²) < 4.78 is 12.3. The largest absolute Gasteiger partial charge is 0.508 e. The molecule has 1 aromatic carbocycles. The zero-order valence-corrected chi connectivity index (χ0v) is 18.6. The van der Waals surface area contributed by atoms with E-state index in [0.29, 0.717) is 23.5 Å². The Bertz CT molecular complexity index is 669. The van der Waals surface area contributed by atoms with Gasteiger partial charge in [0.2, 0.25) is 0 Å². The molecule has 0 bridgehead atoms. The number of aromatic hydroxyl groups is 1. The van der Waals surface area contributed by atoms with Crippen molar-refractivity contribution < 1.29 is 19.7 Å². The molecular weight excluding hydrogens is 376 g/mol. The topological polar surface area (TPSA) is 58.9 Å². The number of benzene rings is 1. The summed E-state index contributed by atoms with van der Waals surface area (Å²) in [6, 6.07) is 5.91. The van der Waals surface area contributed by atoms with Gasteiger partial charge in [-0.25, -0.2) is 0 Å². The highest BCUT2D eigenvalue weighted by Crippen LogP contribution is 2.48. The number of aliphatic hydroxyl groups excluding tert-OH is 1. The zero-order chi connectivity index (χ0) is 20.9. The lowest BCUT2D eigenvalue weighted by Crippen LogP contribution is -2.30. The number of phenols is 1. The van der Waals surface area contributed by atoms with E-state index in [1.807, 2.05) is 6.07 Å². The molecule has 1 saturated heterocycles. The van der Waals surface area contributed by atoms with Crippen LogP contribution in [0.2, 0.25) is 0 Å². The molecule has 1 aliphatic heterocycles. The van der Waals surface area contributed by atoms with Gasteiger partial charge in [-0.05, 0) is 92.7 Å². The van der Waals surface area contributed by atoms with E-state index in [2.05, 4.69) is 13.0 Å². The van der Waals surface area contributed by atoms with Crippen LogP contribution in [0.1, 0.15) is 82.3 Å². The van der Waals surface area contributed by atoms with Crippen LogP contribution in [0.25, 0.3) is 0 Å². The molecule has 1 aromatic rings. The van der Waals surface area contributed by atoms with Gasteiger partial charge < -0.3 is 19.7 Å². The van der Waals surface area contributed by atoms with E-state index in [-0.39, 0.29) is 18.5 Å². The van der Waals surface area contributed by atoms with Gasteiger partial charge in [0, 0.05) is 6.61 Å². The number of aliphatic hydroxyl groups is 1. The molecule has 0 amide bonds. The van der Waals surface area contributed by atoms with Gasteiger partial charge in [0.1, 0.15) is 5.75 Å². The van der Waals surface area contributed by atoms with Gasteiger partial charge in [-0.1, -0.05) is 38.3 Å². The summed E-state index contributed by atoms with van der Waals surface area (Å²) in [6.45, 7) is 3.07. The predicted molar refractivity (Wildman–Crippen MR) is 118 cm³/mol. The smallest absolute Gasteiger partial charge is 0.157 e. The summed E-state index contributed by atoms with van der Waals surface area (Å²) in [4.78, 5) is 0. The highest BCUT2D eigenvalue weighted by atomic mass is 16.7. The lowest BCUT2D eigenvalue weighted by Gasteiger charge is -2.33. The van der Waals surface area contributed by atoms with Gasteiger partial charge in [-0.2, -0.15) is 0 Å². The fourth-order valence-corrected chi connectivity index (χ4v) is 6.13. The minimum absolute atomic E-state index is 0.0313. The fourth-order valence-electron chi connectivity index (χ4n) is 6.13. The second-order valence-corrected chi connectivity index (χ2v) is 9.84. The first kappa shape index (κ1) is 22.1. The van der Waals surface area contributed by atoms with Gasteiger partial charge >= 0.3 is 0 Å². The molecule has 2 fully saturated rings. The average molecular weight is 417 g/mol. The number of hydrogen-bond donors (Lipinski definition) is 2. The first-order chi connectivity index (χ1) is 14.7. The molecule has 0 radical (unpaired) electrons. The monoisotopic (exact) mass is 416 g/mol. The molecule has 3 aliphatic rings. The number of phenolic OH excluding ortho intramolecular Hbond substituents is 1. The van der Waals surface area contributed by atoms with Crippen LogP contribution in [0.5, 0.6) is 5.75 Å². The molecule has 168 valence electrons. The summed E-state index contributed by atoms with van der Waals surface area (Å²) >= 11 is 0. The van der Waals surface area contributed by atoms with Crippen LogP contribution in [0.15, 0.2) is 18.2 Å². The molecule has 0 aromatic heterocycles. The van der Waals surface area contributed by atoms with Crippen LogP contribution in [-0.2, 0) is 22.3 Å². The number of hydrogen-bond acceptors (Lipinski definition) is 4. The standard InChI is InChI=1S/C26H40O4/c1-2-3-4-9-20(30-26-11-5-6-14-29-26)12-13-21-22-15-18-8-7-10-24(27)23(18)16-19(22)17-25(21)28/h7-8,10,19-22,25-28H,2-6,9,11-17H2,1H3/t19?,20-,21?,22?,25-,26?/m1/s1. The lowest BCUT2D eigenvalue weighted by molar-refractivity contribution is -0.191. The van der Waals surface area contributed by atoms with Crippen LogP contribution in [0.4, 0.5) is 0 Å². The molecule has 4 rings (SSSR count). The summed E-state index contributed by atoms with van der Waals surface area (Å²) in [5.41, 5.74) is 2.39. The van der Waals surface area contributed by atoms with Gasteiger partial charge in [0.15, 0.2) is 6.29 Å². The molecule has 4 nitrogen and oxygen atoms in total. The summed E-state index contributed by atoms with van der Waals surface area (Å²) in [5, 5.41) is 21.1.